The van der Waals surface area contributed by atoms with Crippen molar-refractivity contribution < 1.29 is 8.78 Å². The molecule has 2 aliphatic rings. The number of hydrogen-bond donors (Lipinski definition) is 2. The number of aromatic nitrogens is 9. The lowest BCUT2D eigenvalue weighted by Crippen LogP contribution is -2.32. The third-order valence-electron chi connectivity index (χ3n) is 11.6. The molecule has 0 radical (unpaired) electrons. The summed E-state index contributed by atoms with van der Waals surface area (Å²) in [7, 11) is 0. The van der Waals surface area contributed by atoms with Gasteiger partial charge in [-0.3, -0.25) is 0 Å². The van der Waals surface area contributed by atoms with E-state index in [9.17, 15) is 4.39 Å². The summed E-state index contributed by atoms with van der Waals surface area (Å²) < 4.78 is 30.1. The SMILES string of the molecule is CCN1CCC(c2cc3c(F)cc(-c4cc(C)c5[nH]c(C)nc5n4)cc3nn2)CC1.Cc1nc2c(C)cc(-c3cc(F)c4cc(C5CCNCC5)nnc4c3)nc2s1. The molecule has 2 fully saturated rings. The lowest BCUT2D eigenvalue weighted by molar-refractivity contribution is 0.220. The van der Waals surface area contributed by atoms with E-state index >= 15 is 4.39 Å². The van der Waals surface area contributed by atoms with Crippen LogP contribution in [0.25, 0.3) is 65.8 Å². The van der Waals surface area contributed by atoms with Crippen LogP contribution in [0.2, 0.25) is 0 Å². The van der Waals surface area contributed by atoms with E-state index < -0.39 is 0 Å². The first-order valence-corrected chi connectivity index (χ1v) is 20.9. The Bertz CT molecular complexity index is 2820. The monoisotopic (exact) mass is 797 g/mol. The average molecular weight is 798 g/mol. The highest BCUT2D eigenvalue weighted by Crippen LogP contribution is 2.34. The number of halogens is 2. The first-order chi connectivity index (χ1) is 28.1. The summed E-state index contributed by atoms with van der Waals surface area (Å²) in [6.45, 7) is 15.2. The van der Waals surface area contributed by atoms with E-state index in [1.165, 1.54) is 0 Å². The third-order valence-corrected chi connectivity index (χ3v) is 12.5. The van der Waals surface area contributed by atoms with Crippen LogP contribution in [0, 0.1) is 39.3 Å². The van der Waals surface area contributed by atoms with Gasteiger partial charge in [0.15, 0.2) is 5.65 Å². The second-order valence-electron chi connectivity index (χ2n) is 15.6. The number of benzene rings is 2. The molecule has 0 atom stereocenters. The van der Waals surface area contributed by atoms with Crippen LogP contribution in [-0.4, -0.2) is 82.9 Å². The minimum absolute atomic E-state index is 0.280. The molecular weight excluding hydrogens is 753 g/mol. The molecule has 2 saturated heterocycles. The van der Waals surface area contributed by atoms with Gasteiger partial charge in [-0.2, -0.15) is 20.4 Å². The fraction of sp³-hybridized carbons (Fsp3) is 0.364. The molecule has 0 amide bonds. The fourth-order valence-electron chi connectivity index (χ4n) is 8.31. The normalized spacial score (nSPS) is 15.8. The second-order valence-corrected chi connectivity index (χ2v) is 16.8. The highest BCUT2D eigenvalue weighted by Gasteiger charge is 2.23. The lowest BCUT2D eigenvalue weighted by Gasteiger charge is -2.30. The summed E-state index contributed by atoms with van der Waals surface area (Å²) in [6, 6.07) is 14.5. The number of hydrogen-bond acceptors (Lipinski definition) is 11. The molecule has 0 unspecified atom stereocenters. The minimum Gasteiger partial charge on any atom is -0.341 e. The number of imidazole rings is 1. The van der Waals surface area contributed by atoms with Crippen LogP contribution in [0.15, 0.2) is 48.5 Å². The number of fused-ring (bicyclic) bond motifs is 4. The van der Waals surface area contributed by atoms with E-state index in [0.29, 0.717) is 56.1 Å². The van der Waals surface area contributed by atoms with Crippen molar-refractivity contribution in [2.45, 2.75) is 72.1 Å². The predicted molar refractivity (Wildman–Crippen MR) is 226 cm³/mol. The van der Waals surface area contributed by atoms with Crippen LogP contribution in [0.5, 0.6) is 0 Å². The molecule has 11 nitrogen and oxygen atoms in total. The first-order valence-electron chi connectivity index (χ1n) is 20.1. The smallest absolute Gasteiger partial charge is 0.178 e. The molecule has 10 rings (SSSR count). The van der Waals surface area contributed by atoms with E-state index in [0.717, 1.165) is 113 Å². The first kappa shape index (κ1) is 38.1. The highest BCUT2D eigenvalue weighted by atomic mass is 32.1. The van der Waals surface area contributed by atoms with E-state index in [1.54, 1.807) is 23.5 Å². The Hall–Kier alpha value is -5.44. The number of rotatable bonds is 5. The van der Waals surface area contributed by atoms with Crippen LogP contribution < -0.4 is 5.32 Å². The second kappa shape index (κ2) is 15.7. The molecule has 58 heavy (non-hydrogen) atoms. The summed E-state index contributed by atoms with van der Waals surface area (Å²) in [5.41, 5.74) is 10.2. The van der Waals surface area contributed by atoms with Crippen molar-refractivity contribution in [2.75, 3.05) is 32.7 Å². The Morgan fingerprint density at radius 2 is 1.26 bits per heavy atom. The molecule has 0 saturated carbocycles. The van der Waals surface area contributed by atoms with Gasteiger partial charge in [0.05, 0.1) is 44.3 Å². The van der Waals surface area contributed by atoms with Crippen molar-refractivity contribution in [3.05, 3.63) is 93.5 Å². The number of aryl methyl sites for hydroxylation is 4. The van der Waals surface area contributed by atoms with Gasteiger partial charge in [0.1, 0.15) is 27.8 Å². The van der Waals surface area contributed by atoms with E-state index in [1.807, 2.05) is 64.1 Å². The molecular formula is C44H45F2N11S. The molecule has 2 aromatic carbocycles. The number of aromatic amines is 1. The summed E-state index contributed by atoms with van der Waals surface area (Å²) in [6.07, 6.45) is 4.11. The molecule has 2 N–H and O–H groups in total. The summed E-state index contributed by atoms with van der Waals surface area (Å²) in [5.74, 6) is 0.933. The Kier molecular flexibility index (Phi) is 10.3. The summed E-state index contributed by atoms with van der Waals surface area (Å²) in [5, 5.41) is 23.0. The van der Waals surface area contributed by atoms with Crippen molar-refractivity contribution in [3.63, 3.8) is 0 Å². The number of thiazole rings is 1. The number of pyridine rings is 2. The zero-order valence-electron chi connectivity index (χ0n) is 33.3. The largest absolute Gasteiger partial charge is 0.341 e. The van der Waals surface area contributed by atoms with Gasteiger partial charge in [0.2, 0.25) is 0 Å². The Morgan fingerprint density at radius 3 is 1.88 bits per heavy atom. The van der Waals surface area contributed by atoms with Gasteiger partial charge in [-0.05, 0) is 146 Å². The van der Waals surface area contributed by atoms with Crippen LogP contribution in [0.1, 0.15) is 77.8 Å². The topological polar surface area (TPSA) is 134 Å². The van der Waals surface area contributed by atoms with E-state index in [2.05, 4.69) is 57.5 Å². The molecule has 2 aliphatic heterocycles. The van der Waals surface area contributed by atoms with Gasteiger partial charge >= 0.3 is 0 Å². The number of piperidine rings is 2. The molecule has 0 spiro atoms. The van der Waals surface area contributed by atoms with Gasteiger partial charge < -0.3 is 15.2 Å². The number of H-pyrrole nitrogens is 1. The number of nitrogens with one attached hydrogen (secondary N) is 2. The van der Waals surface area contributed by atoms with Crippen LogP contribution >= 0.6 is 11.3 Å². The molecule has 0 aliphatic carbocycles. The Balaban J connectivity index is 0.000000151. The average Bonchev–Trinajstić information content (AvgIpc) is 3.82. The molecule has 8 heterocycles. The van der Waals surface area contributed by atoms with Gasteiger partial charge in [0, 0.05) is 33.7 Å². The van der Waals surface area contributed by atoms with Crippen molar-refractivity contribution in [1.29, 1.82) is 0 Å². The molecule has 8 aromatic rings. The lowest BCUT2D eigenvalue weighted by atomic mass is 9.92. The minimum atomic E-state index is -0.289. The zero-order valence-corrected chi connectivity index (χ0v) is 34.1. The molecule has 14 heteroatoms. The number of likely N-dealkylation sites (tertiary alicyclic amines) is 1. The van der Waals surface area contributed by atoms with Gasteiger partial charge in [-0.15, -0.1) is 0 Å². The van der Waals surface area contributed by atoms with Crippen molar-refractivity contribution in [1.82, 2.24) is 55.5 Å². The summed E-state index contributed by atoms with van der Waals surface area (Å²) >= 11 is 1.55. The number of nitrogens with zero attached hydrogens (tertiary/aromatic N) is 9. The molecule has 296 valence electrons. The quantitative estimate of drug-likeness (QED) is 0.174. The molecule has 0 bridgehead atoms. The third kappa shape index (κ3) is 7.51. The van der Waals surface area contributed by atoms with E-state index in [4.69, 9.17) is 4.98 Å². The maximum Gasteiger partial charge on any atom is 0.178 e. The van der Waals surface area contributed by atoms with Crippen LogP contribution in [0.4, 0.5) is 8.78 Å². The van der Waals surface area contributed by atoms with E-state index in [-0.39, 0.29) is 11.6 Å². The Labute approximate surface area is 338 Å². The zero-order chi connectivity index (χ0) is 40.1. The fourth-order valence-corrected chi connectivity index (χ4v) is 9.17. The van der Waals surface area contributed by atoms with Crippen LogP contribution in [-0.2, 0) is 0 Å². The molecule has 6 aromatic heterocycles. The van der Waals surface area contributed by atoms with Gasteiger partial charge in [-0.25, -0.2) is 28.7 Å². The van der Waals surface area contributed by atoms with Crippen LogP contribution in [0.3, 0.4) is 0 Å². The van der Waals surface area contributed by atoms with Crippen molar-refractivity contribution in [2.24, 2.45) is 0 Å². The predicted octanol–water partition coefficient (Wildman–Crippen LogP) is 9.05. The maximum absolute atomic E-state index is 15.1. The van der Waals surface area contributed by atoms with Gasteiger partial charge in [-0.1, -0.05) is 18.3 Å². The van der Waals surface area contributed by atoms with Crippen molar-refractivity contribution >= 4 is 54.7 Å². The summed E-state index contributed by atoms with van der Waals surface area (Å²) in [4.78, 5) is 24.8. The van der Waals surface area contributed by atoms with Crippen molar-refractivity contribution in [3.8, 4) is 22.5 Å². The standard InChI is InChI=1S/C23H25FN6.C21H20FN5S/c1-4-30-7-5-15(6-8-30)20-12-17-18(24)10-16(11-21(17)29-28-20)19-9-13(2)22-23(27-19)26-14(3)25-22;1-11-7-17(25-21-20(11)24-12(2)28-21)14-8-16(22)15-10-18(26-27-19(15)9-14)13-3-5-23-6-4-13/h9-12,15H,4-8H2,1-3H3,(H,25,26,27);7-10,13,23H,3-6H2,1-2H3. The van der Waals surface area contributed by atoms with Gasteiger partial charge in [0.25, 0.3) is 0 Å². The Morgan fingerprint density at radius 1 is 0.672 bits per heavy atom. The highest BCUT2D eigenvalue weighted by molar-refractivity contribution is 7.18. The maximum atomic E-state index is 15.1.